The molecule has 0 radical (unpaired) electrons. The van der Waals surface area contributed by atoms with Crippen molar-refractivity contribution in [1.82, 2.24) is 38.4 Å². The van der Waals surface area contributed by atoms with E-state index in [0.29, 0.717) is 63.4 Å². The Bertz CT molecular complexity index is 2060. The van der Waals surface area contributed by atoms with Gasteiger partial charge in [0.25, 0.3) is 6.43 Å². The van der Waals surface area contributed by atoms with Crippen LogP contribution in [0.15, 0.2) is 60.2 Å². The summed E-state index contributed by atoms with van der Waals surface area (Å²) in [4.78, 5) is 28.2. The molecule has 1 aliphatic rings. The van der Waals surface area contributed by atoms with E-state index in [4.69, 9.17) is 4.98 Å². The minimum absolute atomic E-state index is 0.153. The predicted molar refractivity (Wildman–Crippen MR) is 154 cm³/mol. The van der Waals surface area contributed by atoms with Crippen LogP contribution in [0.1, 0.15) is 18.9 Å². The van der Waals surface area contributed by atoms with Gasteiger partial charge < -0.3 is 10.0 Å². The van der Waals surface area contributed by atoms with Gasteiger partial charge >= 0.3 is 5.69 Å². The molecule has 42 heavy (non-hydrogen) atoms. The highest BCUT2D eigenvalue weighted by Crippen LogP contribution is 2.40. The van der Waals surface area contributed by atoms with Crippen molar-refractivity contribution in [2.24, 2.45) is 21.1 Å². The Morgan fingerprint density at radius 2 is 1.69 bits per heavy atom. The summed E-state index contributed by atoms with van der Waals surface area (Å²) in [6.45, 7) is 2.52. The van der Waals surface area contributed by atoms with Crippen LogP contribution < -0.4 is 10.6 Å². The predicted octanol–water partition coefficient (Wildman–Crippen LogP) is 3.58. The summed E-state index contributed by atoms with van der Waals surface area (Å²) in [5.41, 5.74) is 3.94. The molecule has 6 aromatic rings. The van der Waals surface area contributed by atoms with Crippen LogP contribution in [0.3, 0.4) is 0 Å². The van der Waals surface area contributed by atoms with E-state index in [1.54, 1.807) is 77.3 Å². The lowest BCUT2D eigenvalue weighted by molar-refractivity contribution is 0.0312. The number of benzene rings is 2. The molecule has 0 bridgehead atoms. The Hall–Kier alpha value is -4.91. The standard InChI is InChI=1S/C29H27F2N9O2/c1-29(42)13-39(14-29)24-6-18(5-23-25(24)38(4)28(41)37(23)3)40-22-8-20(26(30)31)19(17-11-34-36(2)12-17)7-21(22)35-27(40)16-9-32-15-33-10-16/h5-12,15,26,42H,13-14H2,1-4H3. The van der Waals surface area contributed by atoms with Gasteiger partial charge in [0, 0.05) is 63.9 Å². The Kier molecular flexibility index (Phi) is 5.60. The summed E-state index contributed by atoms with van der Waals surface area (Å²) in [6.07, 6.45) is 5.12. The summed E-state index contributed by atoms with van der Waals surface area (Å²) >= 11 is 0. The van der Waals surface area contributed by atoms with Crippen molar-refractivity contribution in [3.8, 4) is 28.2 Å². The van der Waals surface area contributed by atoms with E-state index in [1.165, 1.54) is 12.4 Å². The molecule has 214 valence electrons. The number of aryl methyl sites for hydroxylation is 3. The lowest BCUT2D eigenvalue weighted by Gasteiger charge is -2.46. The molecule has 0 unspecified atom stereocenters. The highest BCUT2D eigenvalue weighted by atomic mass is 19.3. The summed E-state index contributed by atoms with van der Waals surface area (Å²) in [6, 6.07) is 6.87. The molecule has 1 N–H and O–H groups in total. The first-order chi connectivity index (χ1) is 20.0. The Morgan fingerprint density at radius 1 is 0.952 bits per heavy atom. The SMILES string of the molecule is Cn1cc(-c2cc3nc(-c4cncnc4)n(-c4cc(N5CC(C)(O)C5)c5c(c4)n(C)c(=O)n5C)c3cc2C(F)F)cn1. The molecule has 11 nitrogen and oxygen atoms in total. The average Bonchev–Trinajstić information content (AvgIpc) is 3.62. The van der Waals surface area contributed by atoms with Crippen LogP contribution in [0.2, 0.25) is 0 Å². The molecular formula is C29H27F2N9O2. The van der Waals surface area contributed by atoms with Crippen LogP contribution in [-0.4, -0.2) is 62.2 Å². The van der Waals surface area contributed by atoms with Gasteiger partial charge in [0.2, 0.25) is 0 Å². The molecule has 4 aromatic heterocycles. The van der Waals surface area contributed by atoms with Crippen molar-refractivity contribution in [3.63, 3.8) is 0 Å². The van der Waals surface area contributed by atoms with Crippen LogP contribution in [0, 0.1) is 0 Å². The quantitative estimate of drug-likeness (QED) is 0.337. The second-order valence-electron chi connectivity index (χ2n) is 11.1. The van der Waals surface area contributed by atoms with E-state index in [-0.39, 0.29) is 11.3 Å². The smallest absolute Gasteiger partial charge is 0.328 e. The molecule has 2 aromatic carbocycles. The first kappa shape index (κ1) is 26.0. The Morgan fingerprint density at radius 3 is 2.33 bits per heavy atom. The molecule has 1 fully saturated rings. The number of aromatic nitrogens is 8. The van der Waals surface area contributed by atoms with Crippen molar-refractivity contribution < 1.29 is 13.9 Å². The van der Waals surface area contributed by atoms with Gasteiger partial charge in [-0.05, 0) is 36.8 Å². The molecule has 0 atom stereocenters. The average molecular weight is 572 g/mol. The van der Waals surface area contributed by atoms with Gasteiger partial charge in [-0.1, -0.05) is 0 Å². The Balaban J connectivity index is 1.56. The lowest BCUT2D eigenvalue weighted by atomic mass is 9.95. The van der Waals surface area contributed by atoms with E-state index in [1.807, 2.05) is 17.0 Å². The summed E-state index contributed by atoms with van der Waals surface area (Å²) < 4.78 is 35.6. The van der Waals surface area contributed by atoms with Gasteiger partial charge in [-0.15, -0.1) is 0 Å². The first-order valence-corrected chi connectivity index (χ1v) is 13.3. The number of anilines is 1. The molecule has 13 heteroatoms. The molecule has 0 aliphatic carbocycles. The van der Waals surface area contributed by atoms with Crippen molar-refractivity contribution in [2.75, 3.05) is 18.0 Å². The van der Waals surface area contributed by atoms with Gasteiger partial charge in [-0.2, -0.15) is 5.10 Å². The molecule has 1 aliphatic heterocycles. The van der Waals surface area contributed by atoms with Gasteiger partial charge in [0.1, 0.15) is 12.2 Å². The van der Waals surface area contributed by atoms with Crippen molar-refractivity contribution in [3.05, 3.63) is 71.4 Å². The van der Waals surface area contributed by atoms with Crippen molar-refractivity contribution in [1.29, 1.82) is 0 Å². The zero-order valence-electron chi connectivity index (χ0n) is 23.3. The lowest BCUT2D eigenvalue weighted by Crippen LogP contribution is -2.60. The number of nitrogens with zero attached hydrogens (tertiary/aromatic N) is 9. The summed E-state index contributed by atoms with van der Waals surface area (Å²) in [5, 5.41) is 14.7. The molecule has 0 saturated carbocycles. The molecule has 0 amide bonds. The number of imidazole rings is 2. The monoisotopic (exact) mass is 571 g/mol. The molecule has 7 rings (SSSR count). The molecule has 0 spiro atoms. The third-order valence-electron chi connectivity index (χ3n) is 7.88. The van der Waals surface area contributed by atoms with E-state index in [0.717, 1.165) is 5.69 Å². The highest BCUT2D eigenvalue weighted by molar-refractivity contribution is 5.95. The second-order valence-corrected chi connectivity index (χ2v) is 11.1. The molecule has 1 saturated heterocycles. The number of alkyl halides is 2. The van der Waals surface area contributed by atoms with E-state index in [9.17, 15) is 18.7 Å². The van der Waals surface area contributed by atoms with E-state index < -0.39 is 12.0 Å². The number of aliphatic hydroxyl groups is 1. The number of hydrogen-bond donors (Lipinski definition) is 1. The Labute approximate surface area is 237 Å². The van der Waals surface area contributed by atoms with Gasteiger partial charge in [0.05, 0.1) is 50.8 Å². The van der Waals surface area contributed by atoms with Crippen LogP contribution >= 0.6 is 0 Å². The summed E-state index contributed by atoms with van der Waals surface area (Å²) in [5.74, 6) is 0.455. The van der Waals surface area contributed by atoms with Crippen molar-refractivity contribution >= 4 is 27.8 Å². The fourth-order valence-corrected chi connectivity index (χ4v) is 5.93. The largest absolute Gasteiger partial charge is 0.386 e. The van der Waals surface area contributed by atoms with Crippen molar-refractivity contribution in [2.45, 2.75) is 19.0 Å². The zero-order valence-corrected chi connectivity index (χ0v) is 23.3. The molecular weight excluding hydrogens is 544 g/mol. The maximum absolute atomic E-state index is 14.6. The topological polar surface area (TPSA) is 112 Å². The van der Waals surface area contributed by atoms with Crippen LogP contribution in [0.4, 0.5) is 14.5 Å². The van der Waals surface area contributed by atoms with Crippen LogP contribution in [0.25, 0.3) is 50.3 Å². The normalized spacial score (nSPS) is 14.8. The van der Waals surface area contributed by atoms with Gasteiger partial charge in [0.15, 0.2) is 0 Å². The maximum atomic E-state index is 14.6. The van der Waals surface area contributed by atoms with E-state index >= 15 is 0 Å². The number of β-amino-alcohol motifs (C(OH)–C–C–N with tert-alkyl or cyclic N) is 1. The van der Waals surface area contributed by atoms with Crippen LogP contribution in [-0.2, 0) is 21.1 Å². The second kappa shape index (κ2) is 9.05. The van der Waals surface area contributed by atoms with Crippen LogP contribution in [0.5, 0.6) is 0 Å². The summed E-state index contributed by atoms with van der Waals surface area (Å²) in [7, 11) is 5.13. The zero-order chi connectivity index (χ0) is 29.5. The highest BCUT2D eigenvalue weighted by Gasteiger charge is 2.38. The minimum Gasteiger partial charge on any atom is -0.386 e. The third-order valence-corrected chi connectivity index (χ3v) is 7.88. The number of halogens is 2. The fraction of sp³-hybridized carbons (Fsp3) is 0.276. The minimum atomic E-state index is -2.76. The maximum Gasteiger partial charge on any atom is 0.328 e. The number of hydrogen-bond acceptors (Lipinski definition) is 7. The molecule has 5 heterocycles. The van der Waals surface area contributed by atoms with E-state index in [2.05, 4.69) is 15.1 Å². The first-order valence-electron chi connectivity index (χ1n) is 13.3. The van der Waals surface area contributed by atoms with Gasteiger partial charge in [-0.25, -0.2) is 28.5 Å². The third kappa shape index (κ3) is 3.91. The number of fused-ring (bicyclic) bond motifs is 2. The fourth-order valence-electron chi connectivity index (χ4n) is 5.93. The van der Waals surface area contributed by atoms with Gasteiger partial charge in [-0.3, -0.25) is 18.4 Å². The number of rotatable bonds is 5.